The molecule has 35 nitrogen and oxygen atoms in total. The first kappa shape index (κ1) is 64.7. The van der Waals surface area contributed by atoms with E-state index in [2.05, 4.69) is 5.32 Å². The van der Waals surface area contributed by atoms with E-state index in [4.69, 9.17) is 61.6 Å². The van der Waals surface area contributed by atoms with Crippen LogP contribution in [0.1, 0.15) is 20.8 Å². The van der Waals surface area contributed by atoms with Crippen molar-refractivity contribution in [1.29, 1.82) is 0 Å². The lowest BCUT2D eigenvalue weighted by molar-refractivity contribution is -0.411. The standard InChI is InChI=1S/C44H75NO34/c1-9-18(52)23(57)28(62)40(67-9)76-34-17(45-11(3)51)39(77-35-21(55)13(5-47)71-43(31(35)65)74-32-15(7-49)69-38(66)27(61)26(32)60)73-16(8-50)33(34)75-44-37(79-41-29(63)24(58)19(53)10(2)68-41)36(22(56)14(6-48)72-44)78-42-30(64)25(59)20(54)12(4-46)70-42/h9-10,12-44,46-50,52-66H,4-8H2,1-3H3,(H,45,51)/t9-,10-,12+,13+,14+,15+,16+,17+,18+,19+,20-,21-,22-,23+,24+,25-,26+,27+,28-,29-,30+,31+,32+,33+,34+,35-,36-,37+,38-,39-,40-,41-,42+,43-,44-/m0/s1. The highest BCUT2D eigenvalue weighted by Crippen LogP contribution is 2.39. The van der Waals surface area contributed by atoms with Crippen molar-refractivity contribution in [2.75, 3.05) is 33.0 Å². The third-order valence-electron chi connectivity index (χ3n) is 14.9. The lowest BCUT2D eigenvalue weighted by Crippen LogP contribution is -2.72. The fourth-order valence-corrected chi connectivity index (χ4v) is 10.3. The van der Waals surface area contributed by atoms with Crippen molar-refractivity contribution in [1.82, 2.24) is 5.32 Å². The van der Waals surface area contributed by atoms with Gasteiger partial charge >= 0.3 is 0 Å². The predicted octanol–water partition coefficient (Wildman–Crippen LogP) is -14.1. The van der Waals surface area contributed by atoms with Crippen molar-refractivity contribution in [3.05, 3.63) is 0 Å². The number of hydrogen-bond acceptors (Lipinski definition) is 34. The van der Waals surface area contributed by atoms with Crippen LogP contribution in [0.2, 0.25) is 0 Å². The summed E-state index contributed by atoms with van der Waals surface area (Å²) in [7, 11) is 0. The predicted molar refractivity (Wildman–Crippen MR) is 241 cm³/mol. The van der Waals surface area contributed by atoms with Gasteiger partial charge in [-0.25, -0.2) is 0 Å². The van der Waals surface area contributed by atoms with Gasteiger partial charge in [0.15, 0.2) is 44.0 Å². The molecule has 460 valence electrons. The maximum Gasteiger partial charge on any atom is 0.217 e. The second kappa shape index (κ2) is 27.5. The van der Waals surface area contributed by atoms with Gasteiger partial charge in [-0.3, -0.25) is 4.79 Å². The molecule has 0 spiro atoms. The van der Waals surface area contributed by atoms with E-state index in [1.54, 1.807) is 0 Å². The van der Waals surface area contributed by atoms with E-state index in [0.717, 1.165) is 6.92 Å². The number of amides is 1. The summed E-state index contributed by atoms with van der Waals surface area (Å²) in [5.74, 6) is -0.944. The zero-order chi connectivity index (χ0) is 58.2. The Bertz CT molecular complexity index is 1900. The molecular formula is C44H75NO34. The molecule has 7 saturated heterocycles. The minimum Gasteiger partial charge on any atom is -0.394 e. The number of aliphatic hydroxyl groups is 20. The zero-order valence-electron chi connectivity index (χ0n) is 42.4. The molecule has 0 bridgehead atoms. The van der Waals surface area contributed by atoms with E-state index in [1.807, 2.05) is 0 Å². The van der Waals surface area contributed by atoms with Crippen LogP contribution < -0.4 is 5.32 Å². The Balaban J connectivity index is 1.29. The molecule has 0 aromatic carbocycles. The number of hydrogen-bond donors (Lipinski definition) is 21. The van der Waals surface area contributed by atoms with Crippen molar-refractivity contribution in [2.45, 2.75) is 236 Å². The lowest BCUT2D eigenvalue weighted by atomic mass is 9.93. The molecule has 0 unspecified atom stereocenters. The van der Waals surface area contributed by atoms with E-state index in [1.165, 1.54) is 13.8 Å². The third-order valence-corrected chi connectivity index (χ3v) is 14.9. The van der Waals surface area contributed by atoms with E-state index in [-0.39, 0.29) is 0 Å². The second-order valence-electron chi connectivity index (χ2n) is 20.3. The molecule has 0 radical (unpaired) electrons. The average molecular weight is 1160 g/mol. The smallest absolute Gasteiger partial charge is 0.217 e. The van der Waals surface area contributed by atoms with Gasteiger partial charge in [0, 0.05) is 6.92 Å². The van der Waals surface area contributed by atoms with Crippen LogP contribution in [0.3, 0.4) is 0 Å². The highest BCUT2D eigenvalue weighted by Gasteiger charge is 2.60. The van der Waals surface area contributed by atoms with Gasteiger partial charge in [0.25, 0.3) is 0 Å². The van der Waals surface area contributed by atoms with Crippen molar-refractivity contribution >= 4 is 5.91 Å². The van der Waals surface area contributed by atoms with E-state index >= 15 is 0 Å². The summed E-state index contributed by atoms with van der Waals surface area (Å²) < 4.78 is 76.6. The number of nitrogens with one attached hydrogen (secondary N) is 1. The van der Waals surface area contributed by atoms with Crippen LogP contribution in [0.5, 0.6) is 0 Å². The number of aliphatic hydroxyl groups excluding tert-OH is 20. The molecule has 0 saturated carbocycles. The Kier molecular flexibility index (Phi) is 22.5. The van der Waals surface area contributed by atoms with Gasteiger partial charge in [-0.15, -0.1) is 0 Å². The fourth-order valence-electron chi connectivity index (χ4n) is 10.3. The normalized spacial score (nSPS) is 52.9. The Morgan fingerprint density at radius 1 is 0.329 bits per heavy atom. The first-order chi connectivity index (χ1) is 37.3. The molecule has 0 aromatic heterocycles. The van der Waals surface area contributed by atoms with Crippen molar-refractivity contribution in [2.24, 2.45) is 0 Å². The van der Waals surface area contributed by atoms with Gasteiger partial charge in [-0.1, -0.05) is 0 Å². The highest BCUT2D eigenvalue weighted by molar-refractivity contribution is 5.73. The molecule has 7 aliphatic heterocycles. The molecule has 1 amide bonds. The maximum absolute atomic E-state index is 13.3. The lowest BCUT2D eigenvalue weighted by Gasteiger charge is -2.53. The van der Waals surface area contributed by atoms with Crippen molar-refractivity contribution in [3.63, 3.8) is 0 Å². The Morgan fingerprint density at radius 3 is 1.20 bits per heavy atom. The molecule has 7 fully saturated rings. The molecule has 0 aromatic rings. The monoisotopic (exact) mass is 1160 g/mol. The molecule has 35 heteroatoms. The summed E-state index contributed by atoms with van der Waals surface area (Å²) >= 11 is 0. The van der Waals surface area contributed by atoms with Gasteiger partial charge in [0.2, 0.25) is 5.91 Å². The first-order valence-corrected chi connectivity index (χ1v) is 25.4. The second-order valence-corrected chi connectivity index (χ2v) is 20.3. The Hall–Kier alpha value is -1.85. The van der Waals surface area contributed by atoms with Gasteiger partial charge in [0.05, 0.1) is 45.2 Å². The van der Waals surface area contributed by atoms with Crippen LogP contribution >= 0.6 is 0 Å². The Labute approximate surface area is 447 Å². The summed E-state index contributed by atoms with van der Waals surface area (Å²) in [6.45, 7) is -1.74. The fraction of sp³-hybridized carbons (Fsp3) is 0.977. The SMILES string of the molecule is CC(=O)N[C@H]1[C@H](O[C@H]2[C@@H](O)[C@@H](CO)O[C@@H](O[C@H]3[C@H](O)[C@@H](O)[C@@H](O)O[C@@H]3CO)[C@@H]2O)O[C@H](CO)[C@@H](O[C@@H]2O[C@H](CO)[C@H](O)[C@H](O[C@H]3O[C@H](CO)[C@H](O)[C@H](O)[C@H]3O)[C@H]2O[C@@H]2O[C@@H](C)[C@@H](O)[C@@H](O)[C@@H]2O)[C@@H]1O[C@@H]1O[C@@H](C)[C@@H](O)[C@@H](O)[C@@H]1O. The highest BCUT2D eigenvalue weighted by atomic mass is 16.8. The van der Waals surface area contributed by atoms with Crippen molar-refractivity contribution < 1.29 is 169 Å². The molecule has 21 N–H and O–H groups in total. The van der Waals surface area contributed by atoms with Gasteiger partial charge in [-0.2, -0.15) is 0 Å². The van der Waals surface area contributed by atoms with Crippen LogP contribution in [-0.2, 0) is 66.4 Å². The van der Waals surface area contributed by atoms with Crippen LogP contribution in [0.15, 0.2) is 0 Å². The minimum absolute atomic E-state index is 0.940. The first-order valence-electron chi connectivity index (χ1n) is 25.4. The summed E-state index contributed by atoms with van der Waals surface area (Å²) in [5.41, 5.74) is 0. The summed E-state index contributed by atoms with van der Waals surface area (Å²) in [6, 6.07) is -1.94. The topological polar surface area (TPSA) is 554 Å². The number of rotatable bonds is 18. The zero-order valence-corrected chi connectivity index (χ0v) is 42.4. The summed E-state index contributed by atoms with van der Waals surface area (Å²) in [4.78, 5) is 13.3. The van der Waals surface area contributed by atoms with Crippen LogP contribution in [0, 0.1) is 0 Å². The largest absolute Gasteiger partial charge is 0.394 e. The molecule has 7 heterocycles. The van der Waals surface area contributed by atoms with E-state index < -0.39 is 254 Å². The number of carbonyl (C=O) groups is 1. The van der Waals surface area contributed by atoms with Gasteiger partial charge in [0.1, 0.15) is 159 Å². The summed E-state index contributed by atoms with van der Waals surface area (Å²) in [6.07, 6.45) is -66.5. The van der Waals surface area contributed by atoms with Crippen LogP contribution in [-0.4, -0.2) is 356 Å². The van der Waals surface area contributed by atoms with Crippen LogP contribution in [0.25, 0.3) is 0 Å². The quantitative estimate of drug-likeness (QED) is 0.0606. The molecular weight excluding hydrogens is 1090 g/mol. The summed E-state index contributed by atoms with van der Waals surface area (Å²) in [5, 5.41) is 218. The minimum atomic E-state index is -2.24. The van der Waals surface area contributed by atoms with Gasteiger partial charge in [-0.05, 0) is 13.8 Å². The van der Waals surface area contributed by atoms with Crippen LogP contribution in [0.4, 0.5) is 0 Å². The maximum atomic E-state index is 13.3. The van der Waals surface area contributed by atoms with Gasteiger partial charge < -0.3 is 169 Å². The molecule has 7 aliphatic rings. The Morgan fingerprint density at radius 2 is 0.696 bits per heavy atom. The number of ether oxygens (including phenoxy) is 13. The number of carbonyl (C=O) groups excluding carboxylic acids is 1. The molecule has 7 rings (SSSR count). The van der Waals surface area contributed by atoms with E-state index in [9.17, 15) is 107 Å². The molecule has 79 heavy (non-hydrogen) atoms. The average Bonchev–Trinajstić information content (AvgIpc) is 3.46. The molecule has 0 aliphatic carbocycles. The molecule has 35 atom stereocenters. The third kappa shape index (κ3) is 13.5. The van der Waals surface area contributed by atoms with E-state index in [0.29, 0.717) is 0 Å². The van der Waals surface area contributed by atoms with Crippen molar-refractivity contribution in [3.8, 4) is 0 Å².